The molecule has 1 rings (SSSR count). The van der Waals surface area contributed by atoms with Crippen LogP contribution in [0.25, 0.3) is 0 Å². The Morgan fingerprint density at radius 3 is 2.27 bits per heavy atom. The third-order valence-corrected chi connectivity index (χ3v) is 3.86. The summed E-state index contributed by atoms with van der Waals surface area (Å²) in [5, 5.41) is 0. The fourth-order valence-corrected chi connectivity index (χ4v) is 2.82. The van der Waals surface area contributed by atoms with Crippen LogP contribution in [0, 0.1) is 30.7 Å². The second-order valence-electron chi connectivity index (χ2n) is 3.76. The number of rotatable bonds is 2. The molecule has 0 aromatic carbocycles. The summed E-state index contributed by atoms with van der Waals surface area (Å²) in [4.78, 5) is 10.6. The molecular weight excluding hydrogens is 152 g/mol. The summed E-state index contributed by atoms with van der Waals surface area (Å²) in [7, 11) is -1.28. The lowest BCUT2D eigenvalue weighted by atomic mass is 10.1. The molecule has 0 unspecified atom stereocenters. The molecule has 5 radical (unpaired) electrons. The Labute approximate surface area is 70.2 Å². The van der Waals surface area contributed by atoms with Gasteiger partial charge in [0.15, 0.2) is 0 Å². The van der Waals surface area contributed by atoms with Crippen molar-refractivity contribution < 1.29 is 4.79 Å². The van der Waals surface area contributed by atoms with Crippen LogP contribution in [-0.4, -0.2) is 14.4 Å². The van der Waals surface area contributed by atoms with Gasteiger partial charge >= 0.3 is 0 Å². The van der Waals surface area contributed by atoms with Gasteiger partial charge in [-0.2, -0.15) is 0 Å². The van der Waals surface area contributed by atoms with E-state index in [-0.39, 0.29) is 0 Å². The van der Waals surface area contributed by atoms with Crippen molar-refractivity contribution in [2.75, 3.05) is 0 Å². The van der Waals surface area contributed by atoms with Crippen molar-refractivity contribution in [2.24, 2.45) is 0 Å². The maximum Gasteiger partial charge on any atom is 0.127 e. The molecule has 0 atom stereocenters. The van der Waals surface area contributed by atoms with Crippen molar-refractivity contribution in [2.45, 2.75) is 19.6 Å². The minimum absolute atomic E-state index is 0.879. The third kappa shape index (κ3) is 1.92. The van der Waals surface area contributed by atoms with Crippen LogP contribution >= 0.6 is 0 Å². The molecule has 0 heterocycles. The van der Waals surface area contributed by atoms with E-state index in [0.29, 0.717) is 0 Å². The second-order valence-corrected chi connectivity index (χ2v) is 8.80. The summed E-state index contributed by atoms with van der Waals surface area (Å²) in [5.74, 6) is 0.879. The average molecular weight is 165 g/mol. The van der Waals surface area contributed by atoms with Crippen molar-refractivity contribution >= 4 is 14.4 Å². The Morgan fingerprint density at radius 1 is 1.27 bits per heavy atom. The highest BCUT2D eigenvalue weighted by atomic mass is 28.3. The molecule has 1 saturated carbocycles. The van der Waals surface area contributed by atoms with E-state index in [0.717, 1.165) is 12.2 Å². The van der Waals surface area contributed by atoms with Gasteiger partial charge in [0.1, 0.15) is 6.29 Å². The Kier molecular flexibility index (Phi) is 2.53. The van der Waals surface area contributed by atoms with E-state index >= 15 is 0 Å². The van der Waals surface area contributed by atoms with E-state index in [4.69, 9.17) is 0 Å². The average Bonchev–Trinajstić information content (AvgIpc) is 2.31. The number of hydrogen-bond acceptors (Lipinski definition) is 1. The first kappa shape index (κ1) is 8.98. The molecule has 1 fully saturated rings. The van der Waals surface area contributed by atoms with Crippen LogP contribution in [0.1, 0.15) is 0 Å². The van der Waals surface area contributed by atoms with Crippen molar-refractivity contribution in [1.82, 2.24) is 0 Å². The highest BCUT2D eigenvalue weighted by Gasteiger charge is 2.38. The van der Waals surface area contributed by atoms with Crippen molar-refractivity contribution in [1.29, 1.82) is 0 Å². The van der Waals surface area contributed by atoms with Gasteiger partial charge in [0.2, 0.25) is 0 Å². The first-order valence-electron chi connectivity index (χ1n) is 3.77. The lowest BCUT2D eigenvalue weighted by molar-refractivity contribution is -0.105. The van der Waals surface area contributed by atoms with E-state index in [2.05, 4.69) is 26.1 Å². The maximum atomic E-state index is 10.6. The molecule has 2 heteroatoms. The van der Waals surface area contributed by atoms with E-state index < -0.39 is 8.07 Å². The number of carbonyl (C=O) groups is 1. The monoisotopic (exact) mass is 165 g/mol. The molecular formula is C9H13OSi. The molecule has 11 heavy (non-hydrogen) atoms. The quantitative estimate of drug-likeness (QED) is 0.451. The van der Waals surface area contributed by atoms with E-state index in [1.54, 1.807) is 0 Å². The molecule has 0 bridgehead atoms. The summed E-state index contributed by atoms with van der Waals surface area (Å²) in [6.07, 6.45) is 6.86. The number of aldehydes is 1. The van der Waals surface area contributed by atoms with Crippen molar-refractivity contribution in [3.05, 3.63) is 30.7 Å². The first-order valence-corrected chi connectivity index (χ1v) is 7.27. The first-order chi connectivity index (χ1) is 5.05. The molecule has 0 N–H and O–H groups in total. The molecule has 0 amide bonds. The molecule has 0 aromatic heterocycles. The zero-order valence-electron chi connectivity index (χ0n) is 7.22. The van der Waals surface area contributed by atoms with E-state index in [1.807, 2.05) is 12.8 Å². The second kappa shape index (κ2) is 3.09. The minimum Gasteiger partial charge on any atom is -0.303 e. The Morgan fingerprint density at radius 2 is 1.91 bits per heavy atom. The molecule has 0 saturated heterocycles. The lowest BCUT2D eigenvalue weighted by Crippen LogP contribution is -2.33. The fraction of sp³-hybridized carbons (Fsp3) is 0.333. The molecule has 59 valence electrons. The summed E-state index contributed by atoms with van der Waals surface area (Å²) >= 11 is 0. The van der Waals surface area contributed by atoms with Gasteiger partial charge in [0, 0.05) is 5.92 Å². The largest absolute Gasteiger partial charge is 0.303 e. The smallest absolute Gasteiger partial charge is 0.127 e. The summed E-state index contributed by atoms with van der Waals surface area (Å²) < 4.78 is 0. The zero-order valence-corrected chi connectivity index (χ0v) is 8.22. The number of carbonyl (C=O) groups excluding carboxylic acids is 1. The molecule has 0 aliphatic heterocycles. The van der Waals surface area contributed by atoms with Gasteiger partial charge in [-0.05, 0) is 24.8 Å². The Balaban J connectivity index is 2.63. The topological polar surface area (TPSA) is 17.1 Å². The van der Waals surface area contributed by atoms with E-state index in [9.17, 15) is 4.79 Å². The fourth-order valence-electron chi connectivity index (χ4n) is 1.22. The van der Waals surface area contributed by atoms with Gasteiger partial charge < -0.3 is 4.79 Å². The van der Waals surface area contributed by atoms with Gasteiger partial charge in [-0.1, -0.05) is 19.6 Å². The van der Waals surface area contributed by atoms with Crippen LogP contribution in [0.15, 0.2) is 0 Å². The van der Waals surface area contributed by atoms with Crippen molar-refractivity contribution in [3.8, 4) is 0 Å². The van der Waals surface area contributed by atoms with Crippen LogP contribution in [-0.2, 0) is 4.79 Å². The Hall–Kier alpha value is -0.113. The van der Waals surface area contributed by atoms with E-state index in [1.165, 1.54) is 5.54 Å². The van der Waals surface area contributed by atoms with Gasteiger partial charge in [0.25, 0.3) is 0 Å². The predicted octanol–water partition coefficient (Wildman–Crippen LogP) is 1.84. The summed E-state index contributed by atoms with van der Waals surface area (Å²) in [6, 6.07) is 0. The Bertz CT molecular complexity index is 148. The molecule has 1 aliphatic rings. The highest BCUT2D eigenvalue weighted by Crippen LogP contribution is 2.38. The molecule has 1 aliphatic carbocycles. The third-order valence-electron chi connectivity index (χ3n) is 1.78. The van der Waals surface area contributed by atoms with Gasteiger partial charge in [-0.3, -0.25) is 0 Å². The van der Waals surface area contributed by atoms with Gasteiger partial charge in [0.05, 0.1) is 8.07 Å². The summed E-state index contributed by atoms with van der Waals surface area (Å²) in [6.45, 7) is 6.74. The normalized spacial score (nSPS) is 22.5. The molecule has 0 aromatic rings. The zero-order chi connectivity index (χ0) is 8.48. The number of hydrogen-bond donors (Lipinski definition) is 0. The van der Waals surface area contributed by atoms with Crippen LogP contribution < -0.4 is 0 Å². The van der Waals surface area contributed by atoms with Crippen LogP contribution in [0.4, 0.5) is 0 Å². The lowest BCUT2D eigenvalue weighted by Gasteiger charge is -2.26. The van der Waals surface area contributed by atoms with Crippen LogP contribution in [0.2, 0.25) is 19.6 Å². The highest BCUT2D eigenvalue weighted by molar-refractivity contribution is 6.83. The van der Waals surface area contributed by atoms with Gasteiger partial charge in [-0.25, -0.2) is 0 Å². The van der Waals surface area contributed by atoms with Crippen LogP contribution in [0.5, 0.6) is 0 Å². The van der Waals surface area contributed by atoms with Crippen molar-refractivity contribution in [3.63, 3.8) is 0 Å². The van der Waals surface area contributed by atoms with Gasteiger partial charge in [-0.15, -0.1) is 0 Å². The predicted molar refractivity (Wildman–Crippen MR) is 48.8 cm³/mol. The minimum atomic E-state index is -1.28. The molecule has 1 nitrogen and oxygen atoms in total. The maximum absolute atomic E-state index is 10.6. The summed E-state index contributed by atoms with van der Waals surface area (Å²) in [5.41, 5.74) is 1.27. The molecule has 0 spiro atoms. The standard InChI is InChI=1S/C9H13OSi/c1-11(2,3)9-6-4-5-8(9)7-10/h4-7H,1-3H3. The SMILES string of the molecule is C[Si](C)(C)[C]1[CH][CH][CH][C]1C=O. The van der Waals surface area contributed by atoms with Crippen LogP contribution in [0.3, 0.4) is 0 Å².